The van der Waals surface area contributed by atoms with Crippen molar-refractivity contribution in [3.05, 3.63) is 30.9 Å². The number of hydrogen-bond donors (Lipinski definition) is 2. The number of aromatic nitrogens is 4. The molecule has 0 saturated carbocycles. The van der Waals surface area contributed by atoms with Crippen molar-refractivity contribution < 1.29 is 0 Å². The van der Waals surface area contributed by atoms with E-state index < -0.39 is 0 Å². The summed E-state index contributed by atoms with van der Waals surface area (Å²) in [6.07, 6.45) is 8.15. The van der Waals surface area contributed by atoms with Gasteiger partial charge in [0.25, 0.3) is 0 Å². The maximum Gasteiger partial charge on any atom is 0.0692 e. The molecular weight excluding hydrogens is 216 g/mol. The molecule has 0 bridgehead atoms. The zero-order valence-electron chi connectivity index (χ0n) is 9.80. The van der Waals surface area contributed by atoms with Crippen LogP contribution in [0.3, 0.4) is 0 Å². The first kappa shape index (κ1) is 11.4. The van der Waals surface area contributed by atoms with E-state index in [4.69, 9.17) is 0 Å². The average Bonchev–Trinajstić information content (AvgIpc) is 2.88. The molecule has 2 N–H and O–H groups in total. The number of nitrogens with zero attached hydrogens (tertiary/aromatic N) is 4. The Morgan fingerprint density at radius 2 is 2.18 bits per heavy atom. The van der Waals surface area contributed by atoms with Crippen molar-refractivity contribution in [1.29, 1.82) is 0 Å². The number of pyridine rings is 1. The van der Waals surface area contributed by atoms with E-state index in [1.807, 2.05) is 30.2 Å². The van der Waals surface area contributed by atoms with Gasteiger partial charge in [-0.05, 0) is 12.5 Å². The lowest BCUT2D eigenvalue weighted by Gasteiger charge is -2.07. The minimum absolute atomic E-state index is 0.867. The third-order valence-corrected chi connectivity index (χ3v) is 2.39. The first-order valence-corrected chi connectivity index (χ1v) is 5.59. The SMILES string of the molecule is CNc1cncc(NCCCn2ccnn2)c1. The van der Waals surface area contributed by atoms with Gasteiger partial charge in [-0.15, -0.1) is 5.10 Å². The van der Waals surface area contributed by atoms with Gasteiger partial charge >= 0.3 is 0 Å². The molecule has 0 saturated heterocycles. The van der Waals surface area contributed by atoms with Crippen LogP contribution in [0, 0.1) is 0 Å². The second-order valence-electron chi connectivity index (χ2n) is 3.66. The molecule has 90 valence electrons. The quantitative estimate of drug-likeness (QED) is 0.733. The zero-order chi connectivity index (χ0) is 11.9. The summed E-state index contributed by atoms with van der Waals surface area (Å²) in [4.78, 5) is 4.13. The van der Waals surface area contributed by atoms with E-state index in [2.05, 4.69) is 25.9 Å². The van der Waals surface area contributed by atoms with Crippen molar-refractivity contribution in [2.45, 2.75) is 13.0 Å². The van der Waals surface area contributed by atoms with Crippen LogP contribution in [0.25, 0.3) is 0 Å². The normalized spacial score (nSPS) is 10.2. The molecule has 2 heterocycles. The van der Waals surface area contributed by atoms with Gasteiger partial charge in [-0.3, -0.25) is 9.67 Å². The van der Waals surface area contributed by atoms with Crippen LogP contribution < -0.4 is 10.6 Å². The monoisotopic (exact) mass is 232 g/mol. The summed E-state index contributed by atoms with van der Waals surface area (Å²) in [7, 11) is 1.88. The lowest BCUT2D eigenvalue weighted by atomic mass is 10.3. The molecule has 0 aliphatic heterocycles. The van der Waals surface area contributed by atoms with Crippen molar-refractivity contribution in [3.63, 3.8) is 0 Å². The molecule has 0 amide bonds. The number of anilines is 2. The highest BCUT2D eigenvalue weighted by Crippen LogP contribution is 2.11. The van der Waals surface area contributed by atoms with Gasteiger partial charge < -0.3 is 10.6 Å². The molecule has 2 aromatic heterocycles. The predicted octanol–water partition coefficient (Wildman–Crippen LogP) is 1.22. The van der Waals surface area contributed by atoms with E-state index in [1.165, 1.54) is 0 Å². The second kappa shape index (κ2) is 5.83. The van der Waals surface area contributed by atoms with Crippen LogP contribution in [-0.4, -0.2) is 33.6 Å². The molecule has 6 nitrogen and oxygen atoms in total. The van der Waals surface area contributed by atoms with Crippen molar-refractivity contribution in [2.24, 2.45) is 0 Å². The third-order valence-electron chi connectivity index (χ3n) is 2.39. The summed E-state index contributed by atoms with van der Waals surface area (Å²) >= 11 is 0. The van der Waals surface area contributed by atoms with E-state index >= 15 is 0 Å². The molecule has 17 heavy (non-hydrogen) atoms. The number of aryl methyl sites for hydroxylation is 1. The third kappa shape index (κ3) is 3.44. The van der Waals surface area contributed by atoms with Crippen LogP contribution in [0.4, 0.5) is 11.4 Å². The molecule has 0 atom stereocenters. The number of hydrogen-bond acceptors (Lipinski definition) is 5. The summed E-state index contributed by atoms with van der Waals surface area (Å²) < 4.78 is 1.82. The molecule has 2 aromatic rings. The molecule has 0 radical (unpaired) electrons. The molecule has 6 heteroatoms. The van der Waals surface area contributed by atoms with Gasteiger partial charge in [0.05, 0.1) is 30.0 Å². The Bertz CT molecular complexity index is 439. The van der Waals surface area contributed by atoms with E-state index in [0.29, 0.717) is 0 Å². The van der Waals surface area contributed by atoms with Crippen molar-refractivity contribution >= 4 is 11.4 Å². The van der Waals surface area contributed by atoms with Crippen LogP contribution in [0.15, 0.2) is 30.9 Å². The average molecular weight is 232 g/mol. The van der Waals surface area contributed by atoms with Gasteiger partial charge in [-0.2, -0.15) is 0 Å². The van der Waals surface area contributed by atoms with Crippen LogP contribution >= 0.6 is 0 Å². The minimum Gasteiger partial charge on any atom is -0.387 e. The molecule has 0 fully saturated rings. The van der Waals surface area contributed by atoms with Crippen LogP contribution in [0.5, 0.6) is 0 Å². The molecule has 0 aliphatic carbocycles. The zero-order valence-corrected chi connectivity index (χ0v) is 9.80. The van der Waals surface area contributed by atoms with Crippen LogP contribution in [0.2, 0.25) is 0 Å². The molecule has 0 aromatic carbocycles. The van der Waals surface area contributed by atoms with Gasteiger partial charge in [0, 0.05) is 26.3 Å². The Kier molecular flexibility index (Phi) is 3.90. The molecule has 0 aliphatic rings. The first-order valence-electron chi connectivity index (χ1n) is 5.59. The molecule has 2 rings (SSSR count). The molecule has 0 spiro atoms. The van der Waals surface area contributed by atoms with Crippen molar-refractivity contribution in [3.8, 4) is 0 Å². The van der Waals surface area contributed by atoms with Gasteiger partial charge in [-0.25, -0.2) is 0 Å². The summed E-state index contributed by atoms with van der Waals surface area (Å²) in [5, 5.41) is 14.0. The number of rotatable bonds is 6. The maximum atomic E-state index is 4.13. The standard InChI is InChI=1S/C11H16N6/c1-12-10-7-11(9-13-8-10)14-3-2-5-17-6-4-15-16-17/h4,6-9,12,14H,2-3,5H2,1H3. The minimum atomic E-state index is 0.867. The predicted molar refractivity (Wildman–Crippen MR) is 66.9 cm³/mol. The molecular formula is C11H16N6. The first-order chi connectivity index (χ1) is 8.38. The van der Waals surface area contributed by atoms with Gasteiger partial charge in [0.1, 0.15) is 0 Å². The lowest BCUT2D eigenvalue weighted by Crippen LogP contribution is -2.07. The fourth-order valence-corrected chi connectivity index (χ4v) is 1.50. The van der Waals surface area contributed by atoms with Crippen LogP contribution in [-0.2, 0) is 6.54 Å². The topological polar surface area (TPSA) is 67.7 Å². The Morgan fingerprint density at radius 1 is 1.29 bits per heavy atom. The van der Waals surface area contributed by atoms with Gasteiger partial charge in [0.15, 0.2) is 0 Å². The second-order valence-corrected chi connectivity index (χ2v) is 3.66. The fourth-order valence-electron chi connectivity index (χ4n) is 1.50. The Balaban J connectivity index is 1.74. The fraction of sp³-hybridized carbons (Fsp3) is 0.364. The van der Waals surface area contributed by atoms with Gasteiger partial charge in [0.2, 0.25) is 0 Å². The highest BCUT2D eigenvalue weighted by atomic mass is 15.4. The number of nitrogens with one attached hydrogen (secondary N) is 2. The highest BCUT2D eigenvalue weighted by molar-refractivity contribution is 5.53. The smallest absolute Gasteiger partial charge is 0.0692 e. The maximum absolute atomic E-state index is 4.13. The van der Waals surface area contributed by atoms with E-state index in [9.17, 15) is 0 Å². The van der Waals surface area contributed by atoms with E-state index in [-0.39, 0.29) is 0 Å². The Labute approximate surface area is 100 Å². The summed E-state index contributed by atoms with van der Waals surface area (Å²) in [5.41, 5.74) is 2.03. The van der Waals surface area contributed by atoms with Crippen molar-refractivity contribution in [2.75, 3.05) is 24.2 Å². The van der Waals surface area contributed by atoms with E-state index in [1.54, 1.807) is 12.4 Å². The summed E-state index contributed by atoms with van der Waals surface area (Å²) in [6.45, 7) is 1.75. The molecule has 0 unspecified atom stereocenters. The Morgan fingerprint density at radius 3 is 2.94 bits per heavy atom. The summed E-state index contributed by atoms with van der Waals surface area (Å²) in [6, 6.07) is 2.03. The summed E-state index contributed by atoms with van der Waals surface area (Å²) in [5.74, 6) is 0. The largest absolute Gasteiger partial charge is 0.387 e. The van der Waals surface area contributed by atoms with E-state index in [0.717, 1.165) is 30.9 Å². The van der Waals surface area contributed by atoms with Crippen LogP contribution in [0.1, 0.15) is 6.42 Å². The highest BCUT2D eigenvalue weighted by Gasteiger charge is 1.95. The Hall–Kier alpha value is -2.11. The lowest BCUT2D eigenvalue weighted by molar-refractivity contribution is 0.570. The van der Waals surface area contributed by atoms with Crippen molar-refractivity contribution in [1.82, 2.24) is 20.0 Å². The van der Waals surface area contributed by atoms with Gasteiger partial charge in [-0.1, -0.05) is 5.21 Å².